The molecule has 0 aliphatic carbocycles. The predicted molar refractivity (Wildman–Crippen MR) is 84.0 cm³/mol. The number of hydrogen-bond acceptors (Lipinski definition) is 4. The second kappa shape index (κ2) is 8.98. The lowest BCUT2D eigenvalue weighted by Crippen LogP contribution is -2.49. The third-order valence-corrected chi connectivity index (χ3v) is 4.47. The maximum Gasteiger partial charge on any atom is 0.0594 e. The maximum absolute atomic E-state index is 9.48. The Morgan fingerprint density at radius 1 is 1.30 bits per heavy atom. The average Bonchev–Trinajstić information content (AvgIpc) is 2.46. The van der Waals surface area contributed by atoms with Crippen LogP contribution in [0.1, 0.15) is 40.5 Å². The molecule has 0 spiro atoms. The van der Waals surface area contributed by atoms with E-state index in [9.17, 15) is 5.11 Å². The predicted octanol–water partition coefficient (Wildman–Crippen LogP) is 1.73. The Balaban J connectivity index is 2.43. The molecule has 2 unspecified atom stereocenters. The van der Waals surface area contributed by atoms with Crippen LogP contribution < -0.4 is 5.32 Å². The van der Waals surface area contributed by atoms with Crippen molar-refractivity contribution in [1.29, 1.82) is 0 Å². The molecule has 2 N–H and O–H groups in total. The van der Waals surface area contributed by atoms with Crippen molar-refractivity contribution in [2.45, 2.75) is 46.6 Å². The van der Waals surface area contributed by atoms with Gasteiger partial charge in [0.05, 0.1) is 13.2 Å². The van der Waals surface area contributed by atoms with Gasteiger partial charge in [-0.2, -0.15) is 0 Å². The normalized spacial score (nSPS) is 21.9. The highest BCUT2D eigenvalue weighted by atomic mass is 16.5. The van der Waals surface area contributed by atoms with Crippen molar-refractivity contribution in [1.82, 2.24) is 10.2 Å². The molecule has 0 aromatic carbocycles. The Morgan fingerprint density at radius 3 is 2.45 bits per heavy atom. The smallest absolute Gasteiger partial charge is 0.0594 e. The van der Waals surface area contributed by atoms with Crippen LogP contribution in [-0.2, 0) is 4.74 Å². The van der Waals surface area contributed by atoms with Gasteiger partial charge in [-0.3, -0.25) is 4.90 Å². The average molecular weight is 286 g/mol. The van der Waals surface area contributed by atoms with Gasteiger partial charge in [-0.05, 0) is 18.8 Å². The van der Waals surface area contributed by atoms with Crippen LogP contribution in [-0.4, -0.2) is 62.0 Å². The molecule has 0 radical (unpaired) electrons. The van der Waals surface area contributed by atoms with Gasteiger partial charge in [0.2, 0.25) is 0 Å². The van der Waals surface area contributed by atoms with Gasteiger partial charge in [0, 0.05) is 44.2 Å². The molecule has 0 aromatic rings. The summed E-state index contributed by atoms with van der Waals surface area (Å²) in [4.78, 5) is 2.55. The van der Waals surface area contributed by atoms with E-state index >= 15 is 0 Å². The summed E-state index contributed by atoms with van der Waals surface area (Å²) in [6, 6.07) is 0.582. The van der Waals surface area contributed by atoms with E-state index in [-0.39, 0.29) is 12.0 Å². The molecule has 1 heterocycles. The van der Waals surface area contributed by atoms with Crippen LogP contribution in [0.5, 0.6) is 0 Å². The summed E-state index contributed by atoms with van der Waals surface area (Å²) in [6.45, 7) is 14.8. The Hall–Kier alpha value is -0.160. The highest BCUT2D eigenvalue weighted by Crippen LogP contribution is 2.19. The number of ether oxygens (including phenoxy) is 1. The molecule has 1 rings (SSSR count). The molecule has 0 aromatic heterocycles. The van der Waals surface area contributed by atoms with Gasteiger partial charge in [-0.25, -0.2) is 0 Å². The molecule has 4 heteroatoms. The van der Waals surface area contributed by atoms with E-state index in [2.05, 4.69) is 37.9 Å². The first-order valence-electron chi connectivity index (χ1n) is 8.14. The van der Waals surface area contributed by atoms with Gasteiger partial charge in [0.25, 0.3) is 0 Å². The van der Waals surface area contributed by atoms with Crippen LogP contribution in [0.15, 0.2) is 0 Å². The molecule has 0 saturated carbocycles. The van der Waals surface area contributed by atoms with Crippen LogP contribution in [0.4, 0.5) is 0 Å². The second-order valence-electron chi connectivity index (χ2n) is 6.88. The van der Waals surface area contributed by atoms with Crippen molar-refractivity contribution in [3.8, 4) is 0 Å². The first kappa shape index (κ1) is 17.9. The Labute approximate surface area is 124 Å². The zero-order chi connectivity index (χ0) is 15.0. The number of aliphatic hydroxyl groups excluding tert-OH is 1. The summed E-state index contributed by atoms with van der Waals surface area (Å²) in [7, 11) is 0. The number of morpholine rings is 1. The molecular formula is C16H34N2O2. The van der Waals surface area contributed by atoms with Crippen molar-refractivity contribution in [3.63, 3.8) is 0 Å². The third-order valence-electron chi connectivity index (χ3n) is 4.47. The molecule has 1 aliphatic rings. The summed E-state index contributed by atoms with van der Waals surface area (Å²) in [5.74, 6) is 0.708. The molecule has 20 heavy (non-hydrogen) atoms. The Kier molecular flexibility index (Phi) is 8.03. The second-order valence-corrected chi connectivity index (χ2v) is 6.88. The van der Waals surface area contributed by atoms with Gasteiger partial charge in [0.15, 0.2) is 0 Å². The quantitative estimate of drug-likeness (QED) is 0.677. The Bertz CT molecular complexity index is 249. The SMILES string of the molecule is CCC(C)(CO)CNCC(CC(C)C)N1CCOCC1. The van der Waals surface area contributed by atoms with Gasteiger partial charge in [-0.15, -0.1) is 0 Å². The molecule has 1 fully saturated rings. The van der Waals surface area contributed by atoms with Crippen molar-refractivity contribution in [2.24, 2.45) is 11.3 Å². The standard InChI is InChI=1S/C16H34N2O2/c1-5-16(4,13-19)12-17-11-15(10-14(2)3)18-6-8-20-9-7-18/h14-15,17,19H,5-13H2,1-4H3. The summed E-state index contributed by atoms with van der Waals surface area (Å²) in [5, 5.41) is 13.1. The van der Waals surface area contributed by atoms with Crippen LogP contribution in [0.25, 0.3) is 0 Å². The molecule has 2 atom stereocenters. The molecule has 0 bridgehead atoms. The molecule has 1 saturated heterocycles. The molecule has 120 valence electrons. The monoisotopic (exact) mass is 286 g/mol. The fraction of sp³-hybridized carbons (Fsp3) is 1.00. The van der Waals surface area contributed by atoms with Gasteiger partial charge >= 0.3 is 0 Å². The van der Waals surface area contributed by atoms with Crippen LogP contribution in [0.3, 0.4) is 0 Å². The number of nitrogens with zero attached hydrogens (tertiary/aromatic N) is 1. The first-order valence-corrected chi connectivity index (χ1v) is 8.14. The zero-order valence-electron chi connectivity index (χ0n) is 13.8. The summed E-state index contributed by atoms with van der Waals surface area (Å²) >= 11 is 0. The lowest BCUT2D eigenvalue weighted by Gasteiger charge is -2.36. The fourth-order valence-electron chi connectivity index (χ4n) is 2.68. The third kappa shape index (κ3) is 6.08. The number of aliphatic hydroxyl groups is 1. The topological polar surface area (TPSA) is 44.7 Å². The Morgan fingerprint density at radius 2 is 1.95 bits per heavy atom. The summed E-state index contributed by atoms with van der Waals surface area (Å²) < 4.78 is 5.45. The van der Waals surface area contributed by atoms with E-state index < -0.39 is 0 Å². The van der Waals surface area contributed by atoms with E-state index in [1.54, 1.807) is 0 Å². The van der Waals surface area contributed by atoms with Crippen LogP contribution >= 0.6 is 0 Å². The van der Waals surface area contributed by atoms with E-state index in [1.807, 2.05) is 0 Å². The van der Waals surface area contributed by atoms with Gasteiger partial charge < -0.3 is 15.2 Å². The molecular weight excluding hydrogens is 252 g/mol. The van der Waals surface area contributed by atoms with E-state index in [4.69, 9.17) is 4.74 Å². The minimum Gasteiger partial charge on any atom is -0.396 e. The minimum atomic E-state index is 0.00733. The van der Waals surface area contributed by atoms with Crippen molar-refractivity contribution < 1.29 is 9.84 Å². The number of rotatable bonds is 9. The summed E-state index contributed by atoms with van der Waals surface area (Å²) in [6.07, 6.45) is 2.22. The van der Waals surface area contributed by atoms with Crippen molar-refractivity contribution in [3.05, 3.63) is 0 Å². The highest BCUT2D eigenvalue weighted by molar-refractivity contribution is 4.80. The van der Waals surface area contributed by atoms with Crippen LogP contribution in [0.2, 0.25) is 0 Å². The molecule has 0 amide bonds. The largest absolute Gasteiger partial charge is 0.396 e. The minimum absolute atomic E-state index is 0.00733. The van der Waals surface area contributed by atoms with Crippen LogP contribution in [0, 0.1) is 11.3 Å². The number of nitrogens with one attached hydrogen (secondary N) is 1. The lowest BCUT2D eigenvalue weighted by atomic mass is 9.88. The van der Waals surface area contributed by atoms with E-state index in [1.165, 1.54) is 6.42 Å². The summed E-state index contributed by atoms with van der Waals surface area (Å²) in [5.41, 5.74) is 0.00733. The zero-order valence-corrected chi connectivity index (χ0v) is 13.8. The molecule has 4 nitrogen and oxygen atoms in total. The van der Waals surface area contributed by atoms with E-state index in [0.717, 1.165) is 45.8 Å². The van der Waals surface area contributed by atoms with Crippen molar-refractivity contribution in [2.75, 3.05) is 46.0 Å². The van der Waals surface area contributed by atoms with E-state index in [0.29, 0.717) is 12.0 Å². The first-order chi connectivity index (χ1) is 9.50. The molecule has 1 aliphatic heterocycles. The van der Waals surface area contributed by atoms with Crippen molar-refractivity contribution >= 4 is 0 Å². The van der Waals surface area contributed by atoms with Gasteiger partial charge in [-0.1, -0.05) is 27.7 Å². The fourth-order valence-corrected chi connectivity index (χ4v) is 2.68. The van der Waals surface area contributed by atoms with Gasteiger partial charge in [0.1, 0.15) is 0 Å². The lowest BCUT2D eigenvalue weighted by molar-refractivity contribution is 0.0114. The maximum atomic E-state index is 9.48. The highest BCUT2D eigenvalue weighted by Gasteiger charge is 2.24. The number of hydrogen-bond donors (Lipinski definition) is 2.